The lowest BCUT2D eigenvalue weighted by Gasteiger charge is -2.26. The van der Waals surface area contributed by atoms with Crippen molar-refractivity contribution in [1.29, 1.82) is 0 Å². The Bertz CT molecular complexity index is 1010. The van der Waals surface area contributed by atoms with Crippen LogP contribution < -0.4 is 24.8 Å². The second kappa shape index (κ2) is 8.59. The first-order valence-electron chi connectivity index (χ1n) is 9.99. The van der Waals surface area contributed by atoms with E-state index in [4.69, 9.17) is 14.2 Å². The van der Waals surface area contributed by atoms with Crippen LogP contribution in [0.2, 0.25) is 0 Å². The van der Waals surface area contributed by atoms with Gasteiger partial charge in [-0.25, -0.2) is 4.79 Å². The van der Waals surface area contributed by atoms with Crippen molar-refractivity contribution < 1.29 is 23.8 Å². The number of urea groups is 1. The van der Waals surface area contributed by atoms with Gasteiger partial charge >= 0.3 is 6.03 Å². The summed E-state index contributed by atoms with van der Waals surface area (Å²) in [6.07, 6.45) is 0.739. The number of nitrogens with zero attached hydrogens (tertiary/aromatic N) is 1. The molecule has 31 heavy (non-hydrogen) atoms. The predicted octanol–water partition coefficient (Wildman–Crippen LogP) is 2.41. The van der Waals surface area contributed by atoms with E-state index in [0.29, 0.717) is 47.2 Å². The number of hydrogen-bond donors (Lipinski definition) is 2. The summed E-state index contributed by atoms with van der Waals surface area (Å²) in [5.41, 5.74) is 2.99. The molecule has 2 aromatic carbocycles. The van der Waals surface area contributed by atoms with Crippen LogP contribution in [-0.2, 0) is 11.2 Å². The van der Waals surface area contributed by atoms with Crippen LogP contribution >= 0.6 is 0 Å². The molecule has 2 aromatic rings. The Morgan fingerprint density at radius 1 is 1.00 bits per heavy atom. The molecule has 1 atom stereocenters. The minimum atomic E-state index is -0.619. The van der Waals surface area contributed by atoms with Gasteiger partial charge in [-0.2, -0.15) is 0 Å². The predicted molar refractivity (Wildman–Crippen MR) is 114 cm³/mol. The van der Waals surface area contributed by atoms with Crippen molar-refractivity contribution in [3.8, 4) is 17.2 Å². The van der Waals surface area contributed by atoms with Crippen molar-refractivity contribution in [3.63, 3.8) is 0 Å². The zero-order valence-corrected chi connectivity index (χ0v) is 17.7. The zero-order valence-electron chi connectivity index (χ0n) is 17.7. The first kappa shape index (κ1) is 20.6. The molecular formula is C23H25N3O5. The van der Waals surface area contributed by atoms with Gasteiger partial charge in [-0.05, 0) is 29.7 Å². The van der Waals surface area contributed by atoms with Crippen LogP contribution in [0.3, 0.4) is 0 Å². The Labute approximate surface area is 180 Å². The summed E-state index contributed by atoms with van der Waals surface area (Å²) in [6, 6.07) is 12.5. The zero-order chi connectivity index (χ0) is 22.0. The van der Waals surface area contributed by atoms with Gasteiger partial charge in [-0.3, -0.25) is 4.79 Å². The van der Waals surface area contributed by atoms with E-state index < -0.39 is 6.04 Å². The lowest BCUT2D eigenvalue weighted by molar-refractivity contribution is -0.125. The highest BCUT2D eigenvalue weighted by Crippen LogP contribution is 2.42. The molecule has 3 amide bonds. The maximum absolute atomic E-state index is 13.3. The quantitative estimate of drug-likeness (QED) is 0.714. The van der Waals surface area contributed by atoms with Crippen LogP contribution in [0.4, 0.5) is 4.79 Å². The molecule has 0 fully saturated rings. The molecule has 0 saturated heterocycles. The number of hydrogen-bond acceptors (Lipinski definition) is 5. The van der Waals surface area contributed by atoms with Crippen molar-refractivity contribution in [1.82, 2.24) is 15.5 Å². The van der Waals surface area contributed by atoms with Crippen LogP contribution in [0.5, 0.6) is 17.2 Å². The molecule has 8 nitrogen and oxygen atoms in total. The Kier molecular flexibility index (Phi) is 5.70. The summed E-state index contributed by atoms with van der Waals surface area (Å²) in [5, 5.41) is 5.66. The van der Waals surface area contributed by atoms with Gasteiger partial charge in [0.15, 0.2) is 11.5 Å². The second-order valence-electron chi connectivity index (χ2n) is 7.34. The van der Waals surface area contributed by atoms with Gasteiger partial charge in [-0.1, -0.05) is 30.3 Å². The Hall–Kier alpha value is -3.68. The first-order chi connectivity index (χ1) is 15.0. The highest BCUT2D eigenvalue weighted by molar-refractivity contribution is 6.01. The first-order valence-corrected chi connectivity index (χ1v) is 9.99. The summed E-state index contributed by atoms with van der Waals surface area (Å²) in [4.78, 5) is 27.4. The number of rotatable bonds is 7. The third kappa shape index (κ3) is 3.88. The average Bonchev–Trinajstić information content (AvgIpc) is 3.11. The lowest BCUT2D eigenvalue weighted by Crippen LogP contribution is -2.44. The minimum Gasteiger partial charge on any atom is -0.493 e. The van der Waals surface area contributed by atoms with Crippen LogP contribution in [0.15, 0.2) is 53.7 Å². The third-order valence-electron chi connectivity index (χ3n) is 5.55. The van der Waals surface area contributed by atoms with Gasteiger partial charge in [0.25, 0.3) is 5.91 Å². The summed E-state index contributed by atoms with van der Waals surface area (Å²) in [7, 11) is 4.58. The largest absolute Gasteiger partial charge is 0.493 e. The Balaban J connectivity index is 1.63. The van der Waals surface area contributed by atoms with Gasteiger partial charge in [0.05, 0.1) is 45.2 Å². The van der Waals surface area contributed by atoms with E-state index >= 15 is 0 Å². The number of carbonyl (C=O) groups excluding carboxylic acids is 2. The molecule has 8 heteroatoms. The summed E-state index contributed by atoms with van der Waals surface area (Å²) >= 11 is 0. The monoisotopic (exact) mass is 423 g/mol. The SMILES string of the molecule is COc1cc(C2NC(=O)NC3=C2C(=O)N(CCc2ccccc2)C3)cc(OC)c1OC. The third-order valence-corrected chi connectivity index (χ3v) is 5.55. The van der Waals surface area contributed by atoms with E-state index in [9.17, 15) is 9.59 Å². The molecule has 0 spiro atoms. The molecule has 0 saturated carbocycles. The van der Waals surface area contributed by atoms with E-state index in [-0.39, 0.29) is 11.9 Å². The van der Waals surface area contributed by atoms with Crippen molar-refractivity contribution in [3.05, 3.63) is 64.9 Å². The summed E-state index contributed by atoms with van der Waals surface area (Å²) in [5.74, 6) is 1.26. The van der Waals surface area contributed by atoms with Gasteiger partial charge in [0.2, 0.25) is 5.75 Å². The van der Waals surface area contributed by atoms with E-state index in [2.05, 4.69) is 10.6 Å². The maximum Gasteiger partial charge on any atom is 0.319 e. The van der Waals surface area contributed by atoms with Gasteiger partial charge in [0.1, 0.15) is 0 Å². The van der Waals surface area contributed by atoms with Gasteiger partial charge in [0, 0.05) is 6.54 Å². The fraction of sp³-hybridized carbons (Fsp3) is 0.304. The summed E-state index contributed by atoms with van der Waals surface area (Å²) in [6.45, 7) is 0.934. The smallest absolute Gasteiger partial charge is 0.319 e. The minimum absolute atomic E-state index is 0.0998. The highest BCUT2D eigenvalue weighted by atomic mass is 16.5. The maximum atomic E-state index is 13.3. The van der Waals surface area contributed by atoms with Crippen molar-refractivity contribution in [2.45, 2.75) is 12.5 Å². The number of benzene rings is 2. The fourth-order valence-electron chi connectivity index (χ4n) is 4.04. The molecular weight excluding hydrogens is 398 g/mol. The standard InChI is InChI=1S/C23H25N3O5/c1-29-17-11-15(12-18(30-2)21(17)31-3)20-19-16(24-23(28)25-20)13-26(22(19)27)10-9-14-7-5-4-6-8-14/h4-8,11-12,20H,9-10,13H2,1-3H3,(H2,24,25,28). The molecule has 2 aliphatic rings. The normalized spacial score (nSPS) is 17.8. The number of amides is 3. The molecule has 4 rings (SSSR count). The molecule has 0 radical (unpaired) electrons. The number of ether oxygens (including phenoxy) is 3. The number of nitrogens with one attached hydrogen (secondary N) is 2. The van der Waals surface area contributed by atoms with E-state index in [0.717, 1.165) is 12.0 Å². The van der Waals surface area contributed by atoms with Crippen molar-refractivity contribution in [2.24, 2.45) is 0 Å². The lowest BCUT2D eigenvalue weighted by atomic mass is 9.95. The van der Waals surface area contributed by atoms with Crippen LogP contribution in [0.25, 0.3) is 0 Å². The van der Waals surface area contributed by atoms with Gasteiger partial charge < -0.3 is 29.7 Å². The van der Waals surface area contributed by atoms with E-state index in [1.54, 1.807) is 17.0 Å². The molecule has 2 heterocycles. The van der Waals surface area contributed by atoms with Gasteiger partial charge in [-0.15, -0.1) is 0 Å². The van der Waals surface area contributed by atoms with E-state index in [1.807, 2.05) is 30.3 Å². The molecule has 0 aliphatic carbocycles. The Morgan fingerprint density at radius 2 is 1.68 bits per heavy atom. The molecule has 0 bridgehead atoms. The number of methoxy groups -OCH3 is 3. The molecule has 162 valence electrons. The topological polar surface area (TPSA) is 89.1 Å². The highest BCUT2D eigenvalue weighted by Gasteiger charge is 2.40. The van der Waals surface area contributed by atoms with Crippen LogP contribution in [0.1, 0.15) is 17.2 Å². The van der Waals surface area contributed by atoms with Crippen molar-refractivity contribution in [2.75, 3.05) is 34.4 Å². The Morgan fingerprint density at radius 3 is 2.29 bits per heavy atom. The van der Waals surface area contributed by atoms with E-state index in [1.165, 1.54) is 21.3 Å². The molecule has 0 aromatic heterocycles. The second-order valence-corrected chi connectivity index (χ2v) is 7.34. The van der Waals surface area contributed by atoms with Crippen LogP contribution in [-0.4, -0.2) is 51.3 Å². The van der Waals surface area contributed by atoms with Crippen molar-refractivity contribution >= 4 is 11.9 Å². The molecule has 1 unspecified atom stereocenters. The van der Waals surface area contributed by atoms with Crippen LogP contribution in [0, 0.1) is 0 Å². The molecule has 2 aliphatic heterocycles. The summed E-state index contributed by atoms with van der Waals surface area (Å²) < 4.78 is 16.3. The number of carbonyl (C=O) groups is 2. The fourth-order valence-corrected chi connectivity index (χ4v) is 4.04. The molecule has 2 N–H and O–H groups in total. The average molecular weight is 423 g/mol.